The molecule has 358 valence electrons. The molecule has 0 spiro atoms. The molecule has 0 fully saturated rings. The molecule has 4 aromatic carbocycles. The second-order valence-electron chi connectivity index (χ2n) is 14.1. The van der Waals surface area contributed by atoms with Gasteiger partial charge in [0.25, 0.3) is 72.5 Å². The lowest BCUT2D eigenvalue weighted by molar-refractivity contribution is 0.101. The van der Waals surface area contributed by atoms with Crippen molar-refractivity contribution in [1.29, 1.82) is 0 Å². The lowest BCUT2D eigenvalue weighted by Crippen LogP contribution is -2.24. The van der Waals surface area contributed by atoms with E-state index in [4.69, 9.17) is 0 Å². The summed E-state index contributed by atoms with van der Waals surface area (Å²) in [4.78, 5) is 33.0. The molecule has 0 radical (unpaired) electrons. The Morgan fingerprint density at radius 3 is 1.64 bits per heavy atom. The number of carbonyl (C=O) groups is 3. The summed E-state index contributed by atoms with van der Waals surface area (Å²) < 4.78 is 210. The largest absolute Gasteiger partial charge is 0.354 e. The molecule has 0 unspecified atom stereocenters. The second kappa shape index (κ2) is 16.7. The fourth-order valence-electron chi connectivity index (χ4n) is 6.83. The van der Waals surface area contributed by atoms with Gasteiger partial charge in [0.05, 0.1) is 21.8 Å². The number of nitrogens with zero attached hydrogens (tertiary/aromatic N) is 2. The number of aromatic nitrogens is 2. The number of nitrogens with one attached hydrogen (secondary N) is 4. The van der Waals surface area contributed by atoms with E-state index < -0.39 is 146 Å². The molecule has 33 heteroatoms. The topological polar surface area (TPSA) is 435 Å². The molecule has 0 bridgehead atoms. The Morgan fingerprint density at radius 2 is 1.09 bits per heavy atom. The Morgan fingerprint density at radius 1 is 0.507 bits per heavy atom. The molecule has 6 aromatic rings. The number of rotatable bonds is 12. The molecular weight excluding hydrogens is 1020 g/mol. The van der Waals surface area contributed by atoms with Crippen molar-refractivity contribution in [3.05, 3.63) is 83.8 Å². The van der Waals surface area contributed by atoms with Crippen molar-refractivity contribution in [3.63, 3.8) is 0 Å². The molecule has 6 rings (SSSR count). The Labute approximate surface area is 377 Å². The van der Waals surface area contributed by atoms with Gasteiger partial charge >= 0.3 is 6.03 Å². The summed E-state index contributed by atoms with van der Waals surface area (Å²) in [6.07, 6.45) is 2.18. The SMILES string of the molecule is Cc1ccc(S(=O)(=O)O)c2cc(S(=O)(=O)O)c(NC(=O)c3cn(C)cc3NC(=O)Nc3ccc(C(=O)Nc4ccc(S(=O)(=O)O)c5c(S(=O)(=O)O)cc(S(=O)(=O)O)cc45)n3C)c(S(=O)(=O)O)c12. The van der Waals surface area contributed by atoms with E-state index in [1.807, 2.05) is 5.32 Å². The van der Waals surface area contributed by atoms with Gasteiger partial charge in [-0.3, -0.25) is 42.2 Å². The van der Waals surface area contributed by atoms with Gasteiger partial charge in [-0.1, -0.05) is 6.07 Å². The van der Waals surface area contributed by atoms with Gasteiger partial charge in [-0.05, 0) is 61.0 Å². The van der Waals surface area contributed by atoms with E-state index in [0.717, 1.165) is 47.3 Å². The number of urea groups is 1. The molecule has 4 amide bonds. The molecule has 0 saturated heterocycles. The average Bonchev–Trinajstić information content (AvgIpc) is 3.72. The van der Waals surface area contributed by atoms with E-state index in [0.29, 0.717) is 18.2 Å². The van der Waals surface area contributed by atoms with E-state index in [9.17, 15) is 92.2 Å². The zero-order valence-corrected chi connectivity index (χ0v) is 38.4. The Bertz CT molecular complexity index is 3900. The zero-order valence-electron chi connectivity index (χ0n) is 33.5. The number of fused-ring (bicyclic) bond motifs is 2. The first-order valence-electron chi connectivity index (χ1n) is 17.6. The number of benzene rings is 4. The number of hydrogen-bond donors (Lipinski definition) is 10. The van der Waals surface area contributed by atoms with Crippen LogP contribution in [0.5, 0.6) is 0 Å². The number of amides is 4. The third kappa shape index (κ3) is 10.0. The molecule has 0 aliphatic carbocycles. The van der Waals surface area contributed by atoms with Gasteiger partial charge in [0.1, 0.15) is 36.0 Å². The predicted octanol–water partition coefficient (Wildman–Crippen LogP) is 2.61. The number of carbonyl (C=O) groups excluding carboxylic acids is 3. The fourth-order valence-corrected chi connectivity index (χ4v) is 11.3. The Kier molecular flexibility index (Phi) is 12.5. The van der Waals surface area contributed by atoms with Crippen LogP contribution in [0.15, 0.2) is 96.4 Å². The highest BCUT2D eigenvalue weighted by Gasteiger charge is 2.34. The number of aryl methyl sites for hydroxylation is 2. The minimum absolute atomic E-state index is 0.126. The van der Waals surface area contributed by atoms with Crippen molar-refractivity contribution in [2.75, 3.05) is 21.3 Å². The minimum atomic E-state index is -5.65. The van der Waals surface area contributed by atoms with Crippen molar-refractivity contribution in [1.82, 2.24) is 9.13 Å². The third-order valence-electron chi connectivity index (χ3n) is 9.60. The van der Waals surface area contributed by atoms with Gasteiger partial charge in [-0.25, -0.2) is 4.79 Å². The lowest BCUT2D eigenvalue weighted by atomic mass is 10.0. The fraction of sp³-hybridized carbons (Fsp3) is 0.0882. The summed E-state index contributed by atoms with van der Waals surface area (Å²) >= 11 is 0. The van der Waals surface area contributed by atoms with Crippen LogP contribution in [0.3, 0.4) is 0 Å². The highest BCUT2D eigenvalue weighted by atomic mass is 32.2. The van der Waals surface area contributed by atoms with E-state index in [1.54, 1.807) is 0 Å². The monoisotopic (exact) mass is 1050 g/mol. The summed E-state index contributed by atoms with van der Waals surface area (Å²) in [5, 5.41) is 5.65. The molecule has 2 aromatic heterocycles. The predicted molar refractivity (Wildman–Crippen MR) is 231 cm³/mol. The van der Waals surface area contributed by atoms with Crippen LogP contribution in [-0.4, -0.2) is 105 Å². The minimum Gasteiger partial charge on any atom is -0.354 e. The normalized spacial score (nSPS) is 12.9. The Balaban J connectivity index is 1.32. The maximum Gasteiger partial charge on any atom is 0.324 e. The average molecular weight is 1050 g/mol. The lowest BCUT2D eigenvalue weighted by Gasteiger charge is -2.18. The first kappa shape index (κ1) is 50.1. The van der Waals surface area contributed by atoms with E-state index >= 15 is 0 Å². The molecule has 0 aliphatic rings. The molecule has 27 nitrogen and oxygen atoms in total. The number of anilines is 4. The van der Waals surface area contributed by atoms with Crippen molar-refractivity contribution < 1.29 is 92.2 Å². The van der Waals surface area contributed by atoms with Crippen LogP contribution in [0.2, 0.25) is 0 Å². The van der Waals surface area contributed by atoms with Crippen LogP contribution >= 0.6 is 0 Å². The van der Waals surface area contributed by atoms with Gasteiger partial charge in [-0.2, -0.15) is 50.5 Å². The first-order chi connectivity index (χ1) is 30.5. The van der Waals surface area contributed by atoms with Crippen LogP contribution in [0.25, 0.3) is 21.5 Å². The quantitative estimate of drug-likeness (QED) is 0.0787. The summed E-state index contributed by atoms with van der Waals surface area (Å²) in [6.45, 7) is 1.20. The maximum absolute atomic E-state index is 13.8. The van der Waals surface area contributed by atoms with Crippen LogP contribution in [0.1, 0.15) is 26.4 Å². The smallest absolute Gasteiger partial charge is 0.324 e. The molecule has 67 heavy (non-hydrogen) atoms. The van der Waals surface area contributed by atoms with Crippen LogP contribution in [0.4, 0.5) is 27.7 Å². The summed E-state index contributed by atoms with van der Waals surface area (Å²) in [6, 6.07) is 5.48. The molecule has 0 aliphatic heterocycles. The van der Waals surface area contributed by atoms with Gasteiger partial charge < -0.3 is 25.1 Å². The Hall–Kier alpha value is -6.37. The molecule has 0 atom stereocenters. The molecule has 2 heterocycles. The molecular formula is C34H30N6O21S6. The van der Waals surface area contributed by atoms with Crippen molar-refractivity contribution in [3.8, 4) is 0 Å². The zero-order chi connectivity index (χ0) is 50.3. The van der Waals surface area contributed by atoms with Crippen molar-refractivity contribution in [2.45, 2.75) is 36.3 Å². The second-order valence-corrected chi connectivity index (χ2v) is 22.4. The molecule has 10 N–H and O–H groups in total. The highest BCUT2D eigenvalue weighted by molar-refractivity contribution is 7.88. The molecule has 0 saturated carbocycles. The van der Waals surface area contributed by atoms with E-state index in [2.05, 4.69) is 16.0 Å². The van der Waals surface area contributed by atoms with Crippen LogP contribution < -0.4 is 21.3 Å². The van der Waals surface area contributed by atoms with Crippen molar-refractivity contribution in [2.24, 2.45) is 14.1 Å². The van der Waals surface area contributed by atoms with Gasteiger partial charge in [0, 0.05) is 53.7 Å². The highest BCUT2D eigenvalue weighted by Crippen LogP contribution is 2.41. The van der Waals surface area contributed by atoms with Gasteiger partial charge in [-0.15, -0.1) is 0 Å². The standard InChI is InChI=1S/C34H30N6O21S6/c1-15-4-7-23(63(47,48)49)18-12-26(66(56,57)58)30(31(28(15)18)67(59,60)61)38-32(41)19-13-39(2)14-21(19)36-34(43)37-27-9-6-22(40(27)3)33(42)35-20-5-8-24(64(50,51)52)29-17(20)10-16(62(44,45)46)11-25(29)65(53,54)55/h4-14H,1-3H3,(H,35,42)(H,38,41)(H2,36,37,43)(H,44,45,46)(H,47,48,49)(H,50,51,52)(H,53,54,55)(H,56,57,58)(H,59,60,61). The van der Waals surface area contributed by atoms with Crippen LogP contribution in [0, 0.1) is 6.92 Å². The third-order valence-corrected chi connectivity index (χ3v) is 14.9. The van der Waals surface area contributed by atoms with E-state index in [1.165, 1.54) is 25.6 Å². The van der Waals surface area contributed by atoms with E-state index in [-0.39, 0.29) is 28.8 Å². The first-order valence-corrected chi connectivity index (χ1v) is 26.2. The maximum atomic E-state index is 13.8. The summed E-state index contributed by atoms with van der Waals surface area (Å²) in [7, 11) is -30.0. The summed E-state index contributed by atoms with van der Waals surface area (Å²) in [5.74, 6) is -2.67. The number of hydrogen-bond acceptors (Lipinski definition) is 15. The van der Waals surface area contributed by atoms with Gasteiger partial charge in [0.2, 0.25) is 0 Å². The summed E-state index contributed by atoms with van der Waals surface area (Å²) in [5.41, 5.74) is -3.14. The van der Waals surface area contributed by atoms with Crippen molar-refractivity contribution >= 4 is 123 Å². The van der Waals surface area contributed by atoms with Crippen LogP contribution in [-0.2, 0) is 74.8 Å². The van der Waals surface area contributed by atoms with Gasteiger partial charge in [0.15, 0.2) is 0 Å².